The predicted octanol–water partition coefficient (Wildman–Crippen LogP) is 1.57. The molecule has 0 saturated carbocycles. The molecule has 0 aliphatic carbocycles. The van der Waals surface area contributed by atoms with E-state index in [9.17, 15) is 14.4 Å². The third kappa shape index (κ3) is 3.14. The van der Waals surface area contributed by atoms with Gasteiger partial charge in [-0.05, 0) is 19.1 Å². The first-order valence-corrected chi connectivity index (χ1v) is 6.08. The highest BCUT2D eigenvalue weighted by atomic mass is 16.4. The Kier molecular flexibility index (Phi) is 3.84. The number of anilines is 1. The van der Waals surface area contributed by atoms with Crippen LogP contribution in [0.4, 0.5) is 5.69 Å². The smallest absolute Gasteiger partial charge is 0.339 e. The first kappa shape index (κ1) is 14.4. The van der Waals surface area contributed by atoms with Gasteiger partial charge in [0.05, 0.1) is 0 Å². The Morgan fingerprint density at radius 3 is 2.62 bits per heavy atom. The molecule has 7 nitrogen and oxygen atoms in total. The van der Waals surface area contributed by atoms with Crippen molar-refractivity contribution in [2.45, 2.75) is 6.92 Å². The maximum Gasteiger partial charge on any atom is 0.339 e. The molecule has 1 amide bonds. The van der Waals surface area contributed by atoms with Gasteiger partial charge in [0, 0.05) is 24.5 Å². The molecule has 0 aliphatic rings. The summed E-state index contributed by atoms with van der Waals surface area (Å²) in [6.07, 6.45) is 1.25. The zero-order chi connectivity index (χ0) is 15.6. The second-order valence-corrected chi connectivity index (χ2v) is 4.46. The van der Waals surface area contributed by atoms with Crippen LogP contribution in [-0.2, 0) is 7.05 Å². The van der Waals surface area contributed by atoms with Crippen LogP contribution < -0.4 is 5.32 Å². The third-order valence-electron chi connectivity index (χ3n) is 2.80. The second-order valence-electron chi connectivity index (χ2n) is 4.46. The number of rotatable bonds is 4. The molecule has 21 heavy (non-hydrogen) atoms. The summed E-state index contributed by atoms with van der Waals surface area (Å²) >= 11 is 0. The van der Waals surface area contributed by atoms with Crippen molar-refractivity contribution in [1.29, 1.82) is 0 Å². The predicted molar refractivity (Wildman–Crippen MR) is 74.6 cm³/mol. The van der Waals surface area contributed by atoms with Crippen LogP contribution in [0.3, 0.4) is 0 Å². The number of carbonyl (C=O) groups is 3. The Bertz CT molecular complexity index is 734. The van der Waals surface area contributed by atoms with Crippen LogP contribution >= 0.6 is 0 Å². The molecule has 7 heteroatoms. The molecule has 1 aromatic heterocycles. The summed E-state index contributed by atoms with van der Waals surface area (Å²) in [7, 11) is 1.53. The lowest BCUT2D eigenvalue weighted by Gasteiger charge is -2.05. The Morgan fingerprint density at radius 1 is 1.29 bits per heavy atom. The van der Waals surface area contributed by atoms with Gasteiger partial charge in [0.25, 0.3) is 5.91 Å². The summed E-state index contributed by atoms with van der Waals surface area (Å²) in [5.74, 6) is -2.01. The van der Waals surface area contributed by atoms with Crippen molar-refractivity contribution in [2.24, 2.45) is 7.05 Å². The minimum absolute atomic E-state index is 0.129. The summed E-state index contributed by atoms with van der Waals surface area (Å²) in [4.78, 5) is 34.5. The lowest BCUT2D eigenvalue weighted by atomic mass is 10.1. The Balaban J connectivity index is 2.28. The van der Waals surface area contributed by atoms with Gasteiger partial charge in [-0.1, -0.05) is 12.1 Å². The van der Waals surface area contributed by atoms with Crippen LogP contribution in [0.25, 0.3) is 0 Å². The van der Waals surface area contributed by atoms with Crippen molar-refractivity contribution >= 4 is 23.3 Å². The number of hydrogen-bond acceptors (Lipinski definition) is 4. The van der Waals surface area contributed by atoms with E-state index in [2.05, 4.69) is 10.4 Å². The summed E-state index contributed by atoms with van der Waals surface area (Å²) in [5, 5.41) is 15.4. The van der Waals surface area contributed by atoms with Crippen LogP contribution in [0.1, 0.15) is 38.1 Å². The fraction of sp³-hybridized carbons (Fsp3) is 0.143. The van der Waals surface area contributed by atoms with E-state index in [0.717, 1.165) is 0 Å². The largest absolute Gasteiger partial charge is 0.478 e. The van der Waals surface area contributed by atoms with Gasteiger partial charge in [-0.25, -0.2) is 4.79 Å². The summed E-state index contributed by atoms with van der Waals surface area (Å²) in [5.41, 5.74) is 0.484. The van der Waals surface area contributed by atoms with Crippen LogP contribution in [0.15, 0.2) is 30.5 Å². The molecule has 0 bridgehead atoms. The van der Waals surface area contributed by atoms with Crippen LogP contribution in [0.5, 0.6) is 0 Å². The highest BCUT2D eigenvalue weighted by molar-refractivity contribution is 6.09. The number of carboxylic acids is 1. The number of hydrogen-bond donors (Lipinski definition) is 2. The first-order chi connectivity index (χ1) is 9.88. The molecular formula is C14H13N3O4. The zero-order valence-electron chi connectivity index (χ0n) is 11.5. The van der Waals surface area contributed by atoms with Crippen molar-refractivity contribution in [1.82, 2.24) is 9.78 Å². The topological polar surface area (TPSA) is 101 Å². The van der Waals surface area contributed by atoms with E-state index < -0.39 is 11.9 Å². The molecule has 0 unspecified atom stereocenters. The molecule has 1 aromatic carbocycles. The lowest BCUT2D eigenvalue weighted by molar-refractivity contribution is 0.0692. The minimum Gasteiger partial charge on any atom is -0.478 e. The highest BCUT2D eigenvalue weighted by Gasteiger charge is 2.21. The molecule has 0 spiro atoms. The molecule has 1 heterocycles. The van der Waals surface area contributed by atoms with Crippen molar-refractivity contribution in [3.05, 3.63) is 47.3 Å². The number of Topliss-reactive ketones (excluding diaryl/α,β-unsaturated/α-hetero) is 1. The average molecular weight is 287 g/mol. The number of carboxylic acid groups (broad SMARTS) is 1. The van der Waals surface area contributed by atoms with Crippen molar-refractivity contribution in [3.8, 4) is 0 Å². The van der Waals surface area contributed by atoms with Gasteiger partial charge in [0.2, 0.25) is 0 Å². The number of aromatic carboxylic acids is 1. The van der Waals surface area contributed by atoms with E-state index in [0.29, 0.717) is 11.3 Å². The molecule has 0 atom stereocenters. The van der Waals surface area contributed by atoms with Gasteiger partial charge in [-0.3, -0.25) is 14.3 Å². The number of nitrogens with zero attached hydrogens (tertiary/aromatic N) is 2. The van der Waals surface area contributed by atoms with Crippen molar-refractivity contribution in [3.63, 3.8) is 0 Å². The molecule has 2 rings (SSSR count). The Hall–Kier alpha value is -2.96. The van der Waals surface area contributed by atoms with Crippen molar-refractivity contribution in [2.75, 3.05) is 5.32 Å². The zero-order valence-corrected chi connectivity index (χ0v) is 11.5. The normalized spacial score (nSPS) is 10.2. The minimum atomic E-state index is -1.23. The van der Waals surface area contributed by atoms with Crippen LogP contribution in [0, 0.1) is 0 Å². The van der Waals surface area contributed by atoms with Gasteiger partial charge in [0.15, 0.2) is 11.5 Å². The maximum absolute atomic E-state index is 12.1. The quantitative estimate of drug-likeness (QED) is 0.831. The SMILES string of the molecule is CC(=O)c1cccc(NC(=O)c2nn(C)cc2C(=O)O)c1. The molecule has 0 radical (unpaired) electrons. The van der Waals surface area contributed by atoms with Gasteiger partial charge >= 0.3 is 5.97 Å². The number of aryl methyl sites for hydroxylation is 1. The van der Waals surface area contributed by atoms with E-state index in [1.165, 1.54) is 30.9 Å². The van der Waals surface area contributed by atoms with Crippen LogP contribution in [-0.4, -0.2) is 32.5 Å². The third-order valence-corrected chi connectivity index (χ3v) is 2.80. The average Bonchev–Trinajstić information content (AvgIpc) is 2.81. The number of aromatic nitrogens is 2. The van der Waals surface area contributed by atoms with Gasteiger partial charge in [0.1, 0.15) is 5.56 Å². The summed E-state index contributed by atoms with van der Waals surface area (Å²) in [6, 6.07) is 6.38. The van der Waals surface area contributed by atoms with E-state index >= 15 is 0 Å². The highest BCUT2D eigenvalue weighted by Crippen LogP contribution is 2.14. The van der Waals surface area contributed by atoms with Crippen molar-refractivity contribution < 1.29 is 19.5 Å². The fourth-order valence-electron chi connectivity index (χ4n) is 1.82. The van der Waals surface area contributed by atoms with Crippen LogP contribution in [0.2, 0.25) is 0 Å². The monoisotopic (exact) mass is 287 g/mol. The number of amides is 1. The summed E-state index contributed by atoms with van der Waals surface area (Å²) < 4.78 is 1.25. The summed E-state index contributed by atoms with van der Waals surface area (Å²) in [6.45, 7) is 1.42. The molecular weight excluding hydrogens is 274 g/mol. The van der Waals surface area contributed by atoms with Gasteiger partial charge in [-0.2, -0.15) is 5.10 Å². The van der Waals surface area contributed by atoms with E-state index in [1.54, 1.807) is 18.2 Å². The molecule has 2 aromatic rings. The molecule has 0 fully saturated rings. The van der Waals surface area contributed by atoms with Gasteiger partial charge in [-0.15, -0.1) is 0 Å². The maximum atomic E-state index is 12.1. The molecule has 0 aliphatic heterocycles. The standard InChI is InChI=1S/C14H13N3O4/c1-8(18)9-4-3-5-10(6-9)15-13(19)12-11(14(20)21)7-17(2)16-12/h3-7H,1-2H3,(H,15,19)(H,20,21). The number of benzene rings is 1. The fourth-order valence-corrected chi connectivity index (χ4v) is 1.82. The lowest BCUT2D eigenvalue weighted by Crippen LogP contribution is -2.16. The van der Waals surface area contributed by atoms with E-state index in [1.807, 2.05) is 0 Å². The molecule has 2 N–H and O–H groups in total. The number of carbonyl (C=O) groups excluding carboxylic acids is 2. The Morgan fingerprint density at radius 2 is 2.00 bits per heavy atom. The second kappa shape index (κ2) is 5.58. The number of ketones is 1. The molecule has 0 saturated heterocycles. The van der Waals surface area contributed by atoms with E-state index in [4.69, 9.17) is 5.11 Å². The molecule has 108 valence electrons. The Labute approximate surface area is 120 Å². The van der Waals surface area contributed by atoms with Gasteiger partial charge < -0.3 is 10.4 Å². The van der Waals surface area contributed by atoms with E-state index in [-0.39, 0.29) is 17.0 Å². The first-order valence-electron chi connectivity index (χ1n) is 6.08. The number of nitrogens with one attached hydrogen (secondary N) is 1.